The molecule has 13 heteroatoms. The molecule has 1 atom stereocenters. The van der Waals surface area contributed by atoms with E-state index in [0.717, 1.165) is 12.7 Å². The molecular weight excluding hydrogens is 504 g/mol. The van der Waals surface area contributed by atoms with Gasteiger partial charge in [0.05, 0.1) is 11.9 Å². The number of ether oxygens (including phenoxy) is 1. The van der Waals surface area contributed by atoms with Crippen LogP contribution in [0.4, 0.5) is 10.2 Å². The molecule has 1 aromatic carbocycles. The van der Waals surface area contributed by atoms with Crippen molar-refractivity contribution < 1.29 is 36.7 Å². The maximum atomic E-state index is 13.3. The van der Waals surface area contributed by atoms with Crippen LogP contribution in [0.15, 0.2) is 65.6 Å². The number of hydrogen-bond acceptors (Lipinski definition) is 9. The fourth-order valence-corrected chi connectivity index (χ4v) is 3.46. The Morgan fingerprint density at radius 2 is 1.89 bits per heavy atom. The van der Waals surface area contributed by atoms with Gasteiger partial charge < -0.3 is 14.2 Å². The van der Waals surface area contributed by atoms with Crippen LogP contribution in [0.5, 0.6) is 6.01 Å². The number of rotatable bonds is 10. The van der Waals surface area contributed by atoms with Gasteiger partial charge in [0.1, 0.15) is 18.0 Å². The van der Waals surface area contributed by atoms with Crippen LogP contribution in [-0.4, -0.2) is 27.1 Å². The molecule has 4 aromatic rings. The molecule has 1 unspecified atom stereocenters. The van der Waals surface area contributed by atoms with Gasteiger partial charge in [0.25, 0.3) is 5.82 Å². The zero-order chi connectivity index (χ0) is 26.8. The standard InChI is InChI=1S/C22H21FN5O6P.C2H6/c1-31-35(29,30)33-14-28-7-3-6-19(21(28)24)20-10-18(27-34-20)9-16-11-25-22(26-12-16)32-13-15-4-2-5-17(23)8-15;1-2/h2-8,10-12,24H,9,13-14H2,1H3,(H,29,30);1-2H3/p+1. The number of nitrogen functional groups attached to an aromatic ring is 1. The molecule has 3 aromatic heterocycles. The van der Waals surface area contributed by atoms with Crippen LogP contribution in [0.2, 0.25) is 0 Å². The van der Waals surface area contributed by atoms with Crippen LogP contribution >= 0.6 is 7.82 Å². The quantitative estimate of drug-likeness (QED) is 0.226. The molecule has 0 aliphatic carbocycles. The van der Waals surface area contributed by atoms with Crippen molar-refractivity contribution in [3.8, 4) is 17.3 Å². The predicted molar refractivity (Wildman–Crippen MR) is 131 cm³/mol. The Morgan fingerprint density at radius 1 is 1.14 bits per heavy atom. The van der Waals surface area contributed by atoms with Crippen molar-refractivity contribution >= 4 is 13.6 Å². The summed E-state index contributed by atoms with van der Waals surface area (Å²) in [4.78, 5) is 17.8. The summed E-state index contributed by atoms with van der Waals surface area (Å²) in [6.45, 7) is 3.85. The van der Waals surface area contributed by atoms with Crippen molar-refractivity contribution in [2.45, 2.75) is 33.6 Å². The van der Waals surface area contributed by atoms with Crippen LogP contribution in [0.3, 0.4) is 0 Å². The van der Waals surface area contributed by atoms with Gasteiger partial charge >= 0.3 is 13.8 Å². The van der Waals surface area contributed by atoms with Gasteiger partial charge in [-0.3, -0.25) is 10.3 Å². The van der Waals surface area contributed by atoms with Crippen LogP contribution in [0, 0.1) is 5.82 Å². The molecule has 196 valence electrons. The first-order valence-corrected chi connectivity index (χ1v) is 12.8. The summed E-state index contributed by atoms with van der Waals surface area (Å²) in [5.41, 5.74) is 8.75. The molecule has 0 aliphatic rings. The summed E-state index contributed by atoms with van der Waals surface area (Å²) in [6, 6.07) is 11.4. The smallest absolute Gasteiger partial charge is 0.459 e. The molecule has 0 fully saturated rings. The van der Waals surface area contributed by atoms with Crippen molar-refractivity contribution in [3.63, 3.8) is 0 Å². The molecule has 0 amide bonds. The first kappa shape index (κ1) is 27.9. The lowest BCUT2D eigenvalue weighted by molar-refractivity contribution is -0.711. The first-order valence-electron chi connectivity index (χ1n) is 11.3. The molecule has 37 heavy (non-hydrogen) atoms. The third-order valence-electron chi connectivity index (χ3n) is 4.85. The van der Waals surface area contributed by atoms with E-state index in [1.807, 2.05) is 13.8 Å². The van der Waals surface area contributed by atoms with Gasteiger partial charge in [-0.15, -0.1) is 0 Å². The topological polar surface area (TPSA) is 147 Å². The number of phosphoric ester groups is 1. The number of hydrogen-bond donors (Lipinski definition) is 2. The Morgan fingerprint density at radius 3 is 2.59 bits per heavy atom. The van der Waals surface area contributed by atoms with Gasteiger partial charge in [-0.2, -0.15) is 0 Å². The van der Waals surface area contributed by atoms with E-state index in [2.05, 4.69) is 19.6 Å². The van der Waals surface area contributed by atoms with Crippen molar-refractivity contribution in [1.29, 1.82) is 0 Å². The first-order chi connectivity index (χ1) is 17.8. The SMILES string of the molecule is CC.COP(=O)(O)OC[n+]1cccc(-c2cc(Cc3cnc(OCc4cccc(F)c4)nc3)no2)c1N. The average Bonchev–Trinajstić information content (AvgIpc) is 3.37. The maximum Gasteiger partial charge on any atom is 0.475 e. The predicted octanol–water partition coefficient (Wildman–Crippen LogP) is 4.06. The van der Waals surface area contributed by atoms with Crippen LogP contribution in [0.25, 0.3) is 11.3 Å². The second-order valence-electron chi connectivity index (χ2n) is 7.34. The lowest BCUT2D eigenvalue weighted by Gasteiger charge is -2.09. The second kappa shape index (κ2) is 13.0. The molecule has 3 heterocycles. The van der Waals surface area contributed by atoms with Gasteiger partial charge in [0.15, 0.2) is 5.76 Å². The number of anilines is 1. The Kier molecular flexibility index (Phi) is 9.81. The Labute approximate surface area is 213 Å². The number of nitrogens with zero attached hydrogens (tertiary/aromatic N) is 4. The Bertz CT molecular complexity index is 1350. The highest BCUT2D eigenvalue weighted by molar-refractivity contribution is 7.47. The summed E-state index contributed by atoms with van der Waals surface area (Å²) in [6.07, 6.45) is 5.19. The summed E-state index contributed by atoms with van der Waals surface area (Å²) in [5, 5.41) is 4.07. The summed E-state index contributed by atoms with van der Waals surface area (Å²) < 4.78 is 46.4. The fourth-order valence-electron chi connectivity index (χ4n) is 3.09. The molecule has 11 nitrogen and oxygen atoms in total. The highest BCUT2D eigenvalue weighted by Crippen LogP contribution is 2.41. The van der Waals surface area contributed by atoms with E-state index < -0.39 is 7.82 Å². The third-order valence-corrected chi connectivity index (χ3v) is 5.76. The number of aromatic nitrogens is 4. The summed E-state index contributed by atoms with van der Waals surface area (Å²) in [5.74, 6) is 0.313. The van der Waals surface area contributed by atoms with Gasteiger partial charge in [-0.1, -0.05) is 31.1 Å². The van der Waals surface area contributed by atoms with Crippen molar-refractivity contribution in [2.24, 2.45) is 0 Å². The van der Waals surface area contributed by atoms with Crippen molar-refractivity contribution in [3.05, 3.63) is 83.7 Å². The van der Waals surface area contributed by atoms with Crippen LogP contribution < -0.4 is 15.0 Å². The van der Waals surface area contributed by atoms with E-state index in [4.69, 9.17) is 19.5 Å². The number of halogens is 1. The summed E-state index contributed by atoms with van der Waals surface area (Å²) in [7, 11) is -3.09. The van der Waals surface area contributed by atoms with Crippen molar-refractivity contribution in [1.82, 2.24) is 15.1 Å². The molecule has 0 saturated carbocycles. The maximum absolute atomic E-state index is 13.3. The minimum atomic E-state index is -4.15. The van der Waals surface area contributed by atoms with Gasteiger partial charge in [-0.25, -0.2) is 28.0 Å². The lowest BCUT2D eigenvalue weighted by atomic mass is 10.1. The van der Waals surface area contributed by atoms with E-state index in [1.165, 1.54) is 16.7 Å². The van der Waals surface area contributed by atoms with Crippen LogP contribution in [-0.2, 0) is 33.4 Å². The van der Waals surface area contributed by atoms with Crippen molar-refractivity contribution in [2.75, 3.05) is 12.8 Å². The molecule has 0 radical (unpaired) electrons. The minimum absolute atomic E-state index is 0.147. The van der Waals surface area contributed by atoms with Gasteiger partial charge in [0.2, 0.25) is 6.73 Å². The fraction of sp³-hybridized carbons (Fsp3) is 0.250. The number of phosphoric acid groups is 1. The largest absolute Gasteiger partial charge is 0.475 e. The minimum Gasteiger partial charge on any atom is -0.459 e. The molecule has 0 bridgehead atoms. The molecule has 0 aliphatic heterocycles. The van der Waals surface area contributed by atoms with E-state index in [-0.39, 0.29) is 31.0 Å². The zero-order valence-corrected chi connectivity index (χ0v) is 21.5. The number of nitrogens with two attached hydrogens (primary N) is 1. The lowest BCUT2D eigenvalue weighted by Crippen LogP contribution is -2.38. The monoisotopic (exact) mass is 532 g/mol. The molecule has 0 saturated heterocycles. The highest BCUT2D eigenvalue weighted by atomic mass is 31.2. The molecule has 4 rings (SSSR count). The average molecular weight is 532 g/mol. The number of benzene rings is 1. The highest BCUT2D eigenvalue weighted by Gasteiger charge is 2.22. The van der Waals surface area contributed by atoms with Gasteiger partial charge in [0, 0.05) is 32.0 Å². The van der Waals surface area contributed by atoms with E-state index >= 15 is 0 Å². The second-order valence-corrected chi connectivity index (χ2v) is 8.90. The van der Waals surface area contributed by atoms with E-state index in [1.54, 1.807) is 48.9 Å². The summed E-state index contributed by atoms with van der Waals surface area (Å²) >= 11 is 0. The number of pyridine rings is 1. The Hall–Kier alpha value is -3.70. The zero-order valence-electron chi connectivity index (χ0n) is 20.6. The van der Waals surface area contributed by atoms with Crippen LogP contribution in [0.1, 0.15) is 30.7 Å². The van der Waals surface area contributed by atoms with Gasteiger partial charge in [-0.05, 0) is 35.4 Å². The van der Waals surface area contributed by atoms with E-state index in [0.29, 0.717) is 29.0 Å². The Balaban J connectivity index is 0.00000186. The third kappa shape index (κ3) is 7.89. The van der Waals surface area contributed by atoms with E-state index in [9.17, 15) is 13.8 Å². The molecular formula is C24H28FN5O6P+. The molecule has 3 N–H and O–H groups in total. The normalized spacial score (nSPS) is 12.4. The molecule has 0 spiro atoms.